The summed E-state index contributed by atoms with van der Waals surface area (Å²) in [4.78, 5) is 15.4. The number of para-hydroxylation sites is 1. The van der Waals surface area contributed by atoms with E-state index in [0.717, 1.165) is 44.5 Å². The van der Waals surface area contributed by atoms with Gasteiger partial charge in [-0.05, 0) is 92.0 Å². The van der Waals surface area contributed by atoms with Crippen molar-refractivity contribution < 1.29 is 0 Å². The van der Waals surface area contributed by atoms with Gasteiger partial charge in [0, 0.05) is 33.2 Å². The van der Waals surface area contributed by atoms with Gasteiger partial charge in [-0.2, -0.15) is 0 Å². The summed E-state index contributed by atoms with van der Waals surface area (Å²) in [7, 11) is 0. The van der Waals surface area contributed by atoms with Crippen molar-refractivity contribution in [1.29, 1.82) is 0 Å². The molecule has 9 aromatic carbocycles. The summed E-state index contributed by atoms with van der Waals surface area (Å²) in [5.41, 5.74) is 18.5. The molecule has 0 amide bonds. The van der Waals surface area contributed by atoms with Crippen LogP contribution in [0, 0.1) is 0 Å². The largest absolute Gasteiger partial charge is 0.309 e. The maximum absolute atomic E-state index is 5.21. The van der Waals surface area contributed by atoms with Crippen molar-refractivity contribution in [3.05, 3.63) is 241 Å². The first kappa shape index (κ1) is 34.6. The smallest absolute Gasteiger partial charge is 0.164 e. The van der Waals surface area contributed by atoms with Crippen LogP contribution in [-0.2, 0) is 5.41 Å². The van der Waals surface area contributed by atoms with Crippen LogP contribution in [0.1, 0.15) is 22.3 Å². The van der Waals surface area contributed by atoms with E-state index in [2.05, 4.69) is 199 Å². The van der Waals surface area contributed by atoms with Crippen molar-refractivity contribution in [2.75, 3.05) is 0 Å². The fourth-order valence-corrected chi connectivity index (χ4v) is 10.4. The van der Waals surface area contributed by atoms with Crippen molar-refractivity contribution in [2.45, 2.75) is 5.41 Å². The molecular formula is C58H36N4. The van der Waals surface area contributed by atoms with Crippen molar-refractivity contribution in [2.24, 2.45) is 0 Å². The van der Waals surface area contributed by atoms with Crippen molar-refractivity contribution >= 4 is 21.8 Å². The Labute approximate surface area is 359 Å². The van der Waals surface area contributed by atoms with Crippen molar-refractivity contribution in [1.82, 2.24) is 19.5 Å². The van der Waals surface area contributed by atoms with Gasteiger partial charge < -0.3 is 4.57 Å². The second-order valence-corrected chi connectivity index (χ2v) is 16.3. The van der Waals surface area contributed by atoms with E-state index < -0.39 is 5.41 Å². The van der Waals surface area contributed by atoms with E-state index in [9.17, 15) is 0 Å². The number of fused-ring (bicyclic) bond motifs is 13. The minimum atomic E-state index is -0.441. The van der Waals surface area contributed by atoms with Gasteiger partial charge in [-0.25, -0.2) is 15.0 Å². The molecule has 4 heteroatoms. The van der Waals surface area contributed by atoms with Gasteiger partial charge in [-0.3, -0.25) is 0 Å². The van der Waals surface area contributed by atoms with E-state index in [0.29, 0.717) is 17.5 Å². The third-order valence-corrected chi connectivity index (χ3v) is 13.0. The van der Waals surface area contributed by atoms with Crippen molar-refractivity contribution in [3.8, 4) is 73.2 Å². The van der Waals surface area contributed by atoms with Gasteiger partial charge in [0.25, 0.3) is 0 Å². The maximum Gasteiger partial charge on any atom is 0.164 e. The molecule has 11 aromatic rings. The highest BCUT2D eigenvalue weighted by Crippen LogP contribution is 2.63. The molecule has 0 atom stereocenters. The number of hydrogen-bond donors (Lipinski definition) is 0. The third kappa shape index (κ3) is 4.98. The Morgan fingerprint density at radius 2 is 0.774 bits per heavy atom. The van der Waals surface area contributed by atoms with Crippen LogP contribution in [0.5, 0.6) is 0 Å². The minimum Gasteiger partial charge on any atom is -0.309 e. The molecule has 0 N–H and O–H groups in total. The highest BCUT2D eigenvalue weighted by molar-refractivity contribution is 6.12. The lowest BCUT2D eigenvalue weighted by molar-refractivity contribution is 0.794. The number of aromatic nitrogens is 4. The Morgan fingerprint density at radius 1 is 0.290 bits per heavy atom. The summed E-state index contributed by atoms with van der Waals surface area (Å²) in [6, 6.07) is 78.6. The van der Waals surface area contributed by atoms with Gasteiger partial charge in [0.15, 0.2) is 17.5 Å². The number of rotatable bonds is 5. The normalized spacial score (nSPS) is 13.0. The summed E-state index contributed by atoms with van der Waals surface area (Å²) in [6.07, 6.45) is 0. The SMILES string of the molecule is c1ccc(-c2cccc(-c3nc(-c4ccccc4)nc(-c4cccc(-n5c6ccccc6c6cc7c(cc65)C5(c6ccccc6-c6ccccc65)c5ccccc5-7)c4)n3)c2)cc1. The standard InChI is InChI=1S/C58H36N4/c1-3-17-37(18-4-1)39-21-15-22-40(33-39)56-59-55(38-19-5-2-6-20-38)60-57(61-56)41-23-16-24-42(34-41)62-53-32-14-10-28-46(53)48-35-47-45-27-9-13-31-51(45)58(52(47)36-54(48)62)49-29-11-7-25-43(49)44-26-8-12-30-50(44)58/h1-36H. The Hall–Kier alpha value is -8.21. The molecule has 288 valence electrons. The molecule has 0 radical (unpaired) electrons. The van der Waals surface area contributed by atoms with Crippen LogP contribution in [0.2, 0.25) is 0 Å². The van der Waals surface area contributed by atoms with E-state index in [-0.39, 0.29) is 0 Å². The summed E-state index contributed by atoms with van der Waals surface area (Å²) >= 11 is 0. The number of benzene rings is 9. The van der Waals surface area contributed by atoms with E-state index in [1.165, 1.54) is 55.3 Å². The topological polar surface area (TPSA) is 43.6 Å². The number of nitrogens with zero attached hydrogens (tertiary/aromatic N) is 4. The Morgan fingerprint density at radius 3 is 1.44 bits per heavy atom. The predicted octanol–water partition coefficient (Wildman–Crippen LogP) is 14.0. The first-order chi connectivity index (χ1) is 30.7. The molecule has 13 rings (SSSR count). The zero-order valence-corrected chi connectivity index (χ0v) is 33.6. The lowest BCUT2D eigenvalue weighted by Gasteiger charge is -2.30. The van der Waals surface area contributed by atoms with Gasteiger partial charge in [0.05, 0.1) is 16.4 Å². The molecule has 4 nitrogen and oxygen atoms in total. The molecule has 1 spiro atoms. The van der Waals surface area contributed by atoms with E-state index in [1.807, 2.05) is 24.3 Å². The summed E-state index contributed by atoms with van der Waals surface area (Å²) < 4.78 is 2.43. The molecule has 62 heavy (non-hydrogen) atoms. The highest BCUT2D eigenvalue weighted by Gasteiger charge is 2.51. The van der Waals surface area contributed by atoms with Crippen LogP contribution in [-0.4, -0.2) is 19.5 Å². The Kier molecular flexibility index (Phi) is 7.49. The van der Waals surface area contributed by atoms with Gasteiger partial charge in [-0.15, -0.1) is 0 Å². The zero-order valence-electron chi connectivity index (χ0n) is 33.6. The van der Waals surface area contributed by atoms with Crippen LogP contribution < -0.4 is 0 Å². The first-order valence-electron chi connectivity index (χ1n) is 21.2. The third-order valence-electron chi connectivity index (χ3n) is 13.0. The van der Waals surface area contributed by atoms with E-state index in [4.69, 9.17) is 15.0 Å². The average molecular weight is 789 g/mol. The average Bonchev–Trinajstić information content (AvgIpc) is 3.95. The maximum atomic E-state index is 5.21. The molecular weight excluding hydrogens is 753 g/mol. The van der Waals surface area contributed by atoms with Crippen LogP contribution in [0.3, 0.4) is 0 Å². The Balaban J connectivity index is 1.03. The monoisotopic (exact) mass is 788 g/mol. The molecule has 2 aromatic heterocycles. The molecule has 0 fully saturated rings. The molecule has 0 saturated carbocycles. The number of hydrogen-bond acceptors (Lipinski definition) is 3. The van der Waals surface area contributed by atoms with Crippen molar-refractivity contribution in [3.63, 3.8) is 0 Å². The van der Waals surface area contributed by atoms with Crippen LogP contribution in [0.4, 0.5) is 0 Å². The zero-order chi connectivity index (χ0) is 40.8. The fourth-order valence-electron chi connectivity index (χ4n) is 10.4. The lowest BCUT2D eigenvalue weighted by Crippen LogP contribution is -2.25. The lowest BCUT2D eigenvalue weighted by atomic mass is 9.70. The Bertz CT molecular complexity index is 3540. The van der Waals surface area contributed by atoms with E-state index in [1.54, 1.807) is 0 Å². The molecule has 0 bridgehead atoms. The van der Waals surface area contributed by atoms with Gasteiger partial charge in [0.1, 0.15) is 0 Å². The molecule has 2 aliphatic carbocycles. The van der Waals surface area contributed by atoms with Gasteiger partial charge in [0.2, 0.25) is 0 Å². The molecule has 0 aliphatic heterocycles. The molecule has 2 aliphatic rings. The fraction of sp³-hybridized carbons (Fsp3) is 0.0172. The molecule has 0 unspecified atom stereocenters. The van der Waals surface area contributed by atoms with Crippen LogP contribution in [0.25, 0.3) is 95.0 Å². The van der Waals surface area contributed by atoms with Crippen LogP contribution in [0.15, 0.2) is 218 Å². The van der Waals surface area contributed by atoms with Gasteiger partial charge >= 0.3 is 0 Å². The highest BCUT2D eigenvalue weighted by atomic mass is 15.0. The second kappa shape index (κ2) is 13.4. The first-order valence-corrected chi connectivity index (χ1v) is 21.2. The second-order valence-electron chi connectivity index (χ2n) is 16.3. The summed E-state index contributed by atoms with van der Waals surface area (Å²) in [6.45, 7) is 0. The van der Waals surface area contributed by atoms with E-state index >= 15 is 0 Å². The van der Waals surface area contributed by atoms with Crippen LogP contribution >= 0.6 is 0 Å². The predicted molar refractivity (Wildman–Crippen MR) is 252 cm³/mol. The molecule has 0 saturated heterocycles. The summed E-state index contributed by atoms with van der Waals surface area (Å²) in [5, 5.41) is 2.44. The van der Waals surface area contributed by atoms with Gasteiger partial charge in [-0.1, -0.05) is 182 Å². The minimum absolute atomic E-state index is 0.441. The quantitative estimate of drug-likeness (QED) is 0.174. The molecule has 2 heterocycles. The summed E-state index contributed by atoms with van der Waals surface area (Å²) in [5.74, 6) is 1.89.